The number of halogens is 1. The van der Waals surface area contributed by atoms with Crippen molar-refractivity contribution in [2.45, 2.75) is 11.4 Å². The minimum atomic E-state index is 0. The Balaban J connectivity index is 0.00000144. The molecule has 0 spiro atoms. The van der Waals surface area contributed by atoms with E-state index in [1.807, 2.05) is 45.3 Å². The number of amides is 1. The van der Waals surface area contributed by atoms with Gasteiger partial charge in [0, 0.05) is 66.5 Å². The number of carbonyl (C=O) groups excluding carboxylic acids is 1. The van der Waals surface area contributed by atoms with Crippen LogP contribution < -0.4 is 9.62 Å². The van der Waals surface area contributed by atoms with Crippen molar-refractivity contribution in [1.29, 1.82) is 0 Å². The van der Waals surface area contributed by atoms with Crippen molar-refractivity contribution >= 4 is 62.5 Å². The molecule has 34 heavy (non-hydrogen) atoms. The highest BCUT2D eigenvalue weighted by atomic mass is 35.5. The van der Waals surface area contributed by atoms with Gasteiger partial charge in [-0.15, -0.1) is 11.3 Å². The number of nitrogens with zero attached hydrogens (tertiary/aromatic N) is 4. The number of piperazine rings is 1. The molecule has 11 heteroatoms. The first-order valence-electron chi connectivity index (χ1n) is 10.4. The van der Waals surface area contributed by atoms with Gasteiger partial charge in [0.15, 0.2) is 5.13 Å². The molecule has 2 aromatic carbocycles. The summed E-state index contributed by atoms with van der Waals surface area (Å²) in [6, 6.07) is 16.2. The lowest BCUT2D eigenvalue weighted by Crippen LogP contribution is -2.49. The number of rotatable bonds is 6. The van der Waals surface area contributed by atoms with Crippen LogP contribution in [-0.4, -0.2) is 57.5 Å². The third kappa shape index (κ3) is 5.83. The molecule has 0 radical (unpaired) electrons. The summed E-state index contributed by atoms with van der Waals surface area (Å²) in [5, 5.41) is 4.62. The normalized spacial score (nSPS) is 13.3. The summed E-state index contributed by atoms with van der Waals surface area (Å²) in [7, 11) is 0. The molecule has 0 saturated carbocycles. The zero-order chi connectivity index (χ0) is 21.9. The van der Waals surface area contributed by atoms with E-state index in [-0.39, 0.29) is 18.3 Å². The number of benzene rings is 2. The number of hydrogen-bond acceptors (Lipinski definition) is 6. The summed E-state index contributed by atoms with van der Waals surface area (Å²) >= 11 is 9.28. The van der Waals surface area contributed by atoms with Crippen LogP contribution in [0.4, 0.5) is 10.8 Å². The highest BCUT2D eigenvalue weighted by molar-refractivity contribution is 8.00. The molecule has 1 saturated heterocycles. The Morgan fingerprint density at radius 3 is 2.71 bits per heavy atom. The quantitative estimate of drug-likeness (QED) is 0.387. The maximum absolute atomic E-state index is 12.9. The predicted molar refractivity (Wildman–Crippen MR) is 143 cm³/mol. The lowest BCUT2D eigenvalue weighted by Gasteiger charge is -2.36. The maximum Gasteiger partial charge on any atom is 0.242 e. The van der Waals surface area contributed by atoms with Crippen molar-refractivity contribution in [1.82, 2.24) is 14.5 Å². The van der Waals surface area contributed by atoms with Gasteiger partial charge in [0.1, 0.15) is 6.54 Å². The molecule has 3 heterocycles. The molecule has 2 aromatic heterocycles. The van der Waals surface area contributed by atoms with Crippen molar-refractivity contribution < 1.29 is 17.2 Å². The molecule has 4 aromatic rings. The number of thiazole rings is 1. The molecular formula is C23H28ClN5O3S2. The Labute approximate surface area is 212 Å². The maximum atomic E-state index is 12.9. The third-order valence-corrected chi connectivity index (χ3v) is 7.38. The van der Waals surface area contributed by atoms with Crippen LogP contribution in [0.15, 0.2) is 71.2 Å². The van der Waals surface area contributed by atoms with E-state index in [9.17, 15) is 4.79 Å². The summed E-state index contributed by atoms with van der Waals surface area (Å²) in [6.45, 7) is 3.40. The number of hydrogen-bond donors (Lipinski definition) is 1. The van der Waals surface area contributed by atoms with Crippen LogP contribution in [0, 0.1) is 0 Å². The zero-order valence-corrected chi connectivity index (χ0v) is 20.7. The van der Waals surface area contributed by atoms with Gasteiger partial charge in [0.25, 0.3) is 0 Å². The van der Waals surface area contributed by atoms with Gasteiger partial charge < -0.3 is 30.0 Å². The molecular weight excluding hydrogens is 494 g/mol. The van der Waals surface area contributed by atoms with Crippen LogP contribution in [0.1, 0.15) is 1.43 Å². The number of fused-ring (bicyclic) bond motifs is 1. The Morgan fingerprint density at radius 1 is 1.12 bits per heavy atom. The number of aromatic nitrogens is 2. The van der Waals surface area contributed by atoms with Crippen molar-refractivity contribution in [2.75, 3.05) is 35.8 Å². The van der Waals surface area contributed by atoms with Gasteiger partial charge in [0.05, 0.1) is 0 Å². The second-order valence-electron chi connectivity index (χ2n) is 7.55. The van der Waals surface area contributed by atoms with Crippen LogP contribution >= 0.6 is 34.9 Å². The zero-order valence-electron chi connectivity index (χ0n) is 18.3. The fourth-order valence-corrected chi connectivity index (χ4v) is 5.32. The van der Waals surface area contributed by atoms with Crippen LogP contribution in [-0.2, 0) is 11.3 Å². The summed E-state index contributed by atoms with van der Waals surface area (Å²) in [5.41, 5.74) is 2.17. The first-order valence-corrected chi connectivity index (χ1v) is 12.4. The lowest BCUT2D eigenvalue weighted by molar-refractivity contribution is -0.132. The van der Waals surface area contributed by atoms with Crippen LogP contribution in [0.5, 0.6) is 0 Å². The molecule has 1 aliphatic rings. The van der Waals surface area contributed by atoms with Gasteiger partial charge in [0.2, 0.25) is 5.91 Å². The van der Waals surface area contributed by atoms with Gasteiger partial charge in [-0.1, -0.05) is 23.7 Å². The van der Waals surface area contributed by atoms with E-state index in [1.165, 1.54) is 5.69 Å². The van der Waals surface area contributed by atoms with Crippen LogP contribution in [0.25, 0.3) is 10.9 Å². The van der Waals surface area contributed by atoms with Crippen molar-refractivity contribution in [3.05, 3.63) is 71.3 Å². The fourth-order valence-electron chi connectivity index (χ4n) is 3.87. The molecule has 0 atom stereocenters. The minimum absolute atomic E-state index is 0. The summed E-state index contributed by atoms with van der Waals surface area (Å²) in [4.78, 5) is 22.6. The second-order valence-corrected chi connectivity index (χ2v) is 9.76. The molecule has 5 rings (SSSR count). The average Bonchev–Trinajstić information content (AvgIpc) is 3.48. The van der Waals surface area contributed by atoms with Gasteiger partial charge in [-0.05, 0) is 53.7 Å². The van der Waals surface area contributed by atoms with Gasteiger partial charge in [-0.2, -0.15) is 0 Å². The monoisotopic (exact) mass is 521 g/mol. The second kappa shape index (κ2) is 11.6. The van der Waals surface area contributed by atoms with E-state index in [2.05, 4.69) is 38.9 Å². The van der Waals surface area contributed by atoms with Gasteiger partial charge >= 0.3 is 0 Å². The predicted octanol–water partition coefficient (Wildman–Crippen LogP) is 3.82. The van der Waals surface area contributed by atoms with Gasteiger partial charge in [-0.3, -0.25) is 4.79 Å². The molecule has 182 valence electrons. The fraction of sp³-hybridized carbons (Fsp3) is 0.217. The van der Waals surface area contributed by atoms with E-state index in [1.54, 1.807) is 29.5 Å². The van der Waals surface area contributed by atoms with E-state index in [0.717, 1.165) is 34.0 Å². The van der Waals surface area contributed by atoms with E-state index in [4.69, 9.17) is 11.6 Å². The van der Waals surface area contributed by atoms with E-state index in [0.29, 0.717) is 24.7 Å². The number of carbonyl (C=O) groups is 1. The smallest absolute Gasteiger partial charge is 0.242 e. The van der Waals surface area contributed by atoms with Gasteiger partial charge in [-0.25, -0.2) is 4.98 Å². The highest BCUT2D eigenvalue weighted by Gasteiger charge is 2.22. The van der Waals surface area contributed by atoms with E-state index < -0.39 is 0 Å². The minimum Gasteiger partial charge on any atom is -0.412 e. The summed E-state index contributed by atoms with van der Waals surface area (Å²) in [5.74, 6) is 0.138. The van der Waals surface area contributed by atoms with Crippen molar-refractivity contribution in [3.8, 4) is 0 Å². The molecule has 1 fully saturated rings. The van der Waals surface area contributed by atoms with E-state index >= 15 is 0 Å². The summed E-state index contributed by atoms with van der Waals surface area (Å²) in [6.07, 6.45) is 3.75. The first kappa shape index (κ1) is 25.9. The highest BCUT2D eigenvalue weighted by Crippen LogP contribution is 2.27. The molecule has 1 aliphatic heterocycles. The Kier molecular flexibility index (Phi) is 8.81. The Bertz CT molecular complexity index is 1230. The standard InChI is InChI=1S/C23H22ClN5OS2.2H2O.H2/c24-18-5-4-17-6-8-29(21(17)14-18)16-22(30)28-11-9-27(10-12-28)19-2-1-3-20(15-19)32-26-23-25-7-13-31-23;;;/h1-8,13-15H,9-12,16H2,(H,25,26);2*1H2;1H. The molecule has 5 N–H and O–H groups in total. The molecule has 0 bridgehead atoms. The molecule has 8 nitrogen and oxygen atoms in total. The molecule has 0 unspecified atom stereocenters. The molecule has 1 amide bonds. The van der Waals surface area contributed by atoms with Crippen molar-refractivity contribution in [2.24, 2.45) is 0 Å². The number of anilines is 2. The lowest BCUT2D eigenvalue weighted by atomic mass is 10.2. The first-order chi connectivity index (χ1) is 15.7. The van der Waals surface area contributed by atoms with Crippen LogP contribution in [0.3, 0.4) is 0 Å². The largest absolute Gasteiger partial charge is 0.412 e. The summed E-state index contributed by atoms with van der Waals surface area (Å²) < 4.78 is 5.25. The van der Waals surface area contributed by atoms with Crippen LogP contribution in [0.2, 0.25) is 5.02 Å². The van der Waals surface area contributed by atoms with Crippen molar-refractivity contribution in [3.63, 3.8) is 0 Å². The molecule has 0 aliphatic carbocycles. The SMILES string of the molecule is O.O.O=C(Cn1ccc2ccc(Cl)cc21)N1CCN(c2cccc(SNc3nccs3)c2)CC1.[HH]. The number of nitrogens with one attached hydrogen (secondary N) is 1. The average molecular weight is 522 g/mol. The Hall–Kier alpha value is -2.76. The Morgan fingerprint density at radius 2 is 1.94 bits per heavy atom. The topological polar surface area (TPSA) is 116 Å². The third-order valence-electron chi connectivity index (χ3n) is 5.55.